The topological polar surface area (TPSA) is 78.9 Å². The molecule has 4 aromatic carbocycles. The van der Waals surface area contributed by atoms with Crippen molar-refractivity contribution in [1.29, 1.82) is 0 Å². The largest absolute Gasteiger partial charge is 0.461 e. The Morgan fingerprint density at radius 3 is 1.62 bits per heavy atom. The van der Waals surface area contributed by atoms with Crippen molar-refractivity contribution < 1.29 is 28.6 Å². The van der Waals surface area contributed by atoms with Crippen molar-refractivity contribution in [1.82, 2.24) is 0 Å². The molecule has 0 bridgehead atoms. The van der Waals surface area contributed by atoms with Crippen molar-refractivity contribution in [3.63, 3.8) is 0 Å². The Balaban J connectivity index is 1.22. The molecule has 5 rings (SSSR count). The van der Waals surface area contributed by atoms with Gasteiger partial charge in [-0.15, -0.1) is 11.8 Å². The third-order valence-electron chi connectivity index (χ3n) is 6.56. The number of hydrogen-bond acceptors (Lipinski definition) is 7. The minimum Gasteiger partial charge on any atom is -0.461 e. The van der Waals surface area contributed by atoms with E-state index >= 15 is 0 Å². The second-order valence-corrected chi connectivity index (χ2v) is 10.8. The van der Waals surface area contributed by atoms with Crippen molar-refractivity contribution in [3.05, 3.63) is 120 Å². The molecule has 1 aliphatic heterocycles. The highest BCUT2D eigenvalue weighted by molar-refractivity contribution is 8.00. The van der Waals surface area contributed by atoms with E-state index in [0.717, 1.165) is 22.3 Å². The van der Waals surface area contributed by atoms with E-state index in [1.165, 1.54) is 18.7 Å². The lowest BCUT2D eigenvalue weighted by molar-refractivity contribution is -0.142. The van der Waals surface area contributed by atoms with Crippen LogP contribution in [0, 0.1) is 0 Å². The smallest absolute Gasteiger partial charge is 0.338 e. The Hall–Kier alpha value is -4.36. The molecule has 0 radical (unpaired) electrons. The Labute approximate surface area is 237 Å². The molecular formula is C33H28O6S. The first-order valence-electron chi connectivity index (χ1n) is 13.0. The lowest BCUT2D eigenvalue weighted by atomic mass is 10.0. The van der Waals surface area contributed by atoms with Crippen LogP contribution in [0.5, 0.6) is 0 Å². The van der Waals surface area contributed by atoms with Crippen molar-refractivity contribution >= 4 is 29.7 Å². The summed E-state index contributed by atoms with van der Waals surface area (Å²) in [4.78, 5) is 37.3. The van der Waals surface area contributed by atoms with Crippen LogP contribution >= 0.6 is 11.8 Å². The highest BCUT2D eigenvalue weighted by Gasteiger charge is 2.40. The molecule has 0 aliphatic carbocycles. The molecule has 4 aromatic rings. The average molecular weight is 553 g/mol. The summed E-state index contributed by atoms with van der Waals surface area (Å²) in [5.74, 6) is -1.38. The third kappa shape index (κ3) is 6.79. The average Bonchev–Trinajstić information content (AvgIpc) is 3.36. The lowest BCUT2D eigenvalue weighted by Crippen LogP contribution is -2.29. The molecule has 6 nitrogen and oxygen atoms in total. The number of benzene rings is 4. The minimum absolute atomic E-state index is 0.00654. The molecule has 40 heavy (non-hydrogen) atoms. The first-order chi connectivity index (χ1) is 19.5. The fourth-order valence-corrected chi connectivity index (χ4v) is 5.89. The maximum atomic E-state index is 13.0. The summed E-state index contributed by atoms with van der Waals surface area (Å²) in [7, 11) is 0. The van der Waals surface area contributed by atoms with Crippen LogP contribution in [-0.2, 0) is 19.0 Å². The highest BCUT2D eigenvalue weighted by Crippen LogP contribution is 2.37. The van der Waals surface area contributed by atoms with E-state index in [0.29, 0.717) is 17.5 Å². The Bertz CT molecular complexity index is 1450. The predicted octanol–water partition coefficient (Wildman–Crippen LogP) is 6.80. The maximum absolute atomic E-state index is 13.0. The molecule has 3 atom stereocenters. The van der Waals surface area contributed by atoms with Gasteiger partial charge >= 0.3 is 17.9 Å². The van der Waals surface area contributed by atoms with Crippen LogP contribution < -0.4 is 0 Å². The van der Waals surface area contributed by atoms with Gasteiger partial charge in [-0.05, 0) is 46.5 Å². The minimum atomic E-state index is -0.594. The normalized spacial score (nSPS) is 18.1. The van der Waals surface area contributed by atoms with Crippen LogP contribution in [0.4, 0.5) is 0 Å². The van der Waals surface area contributed by atoms with Gasteiger partial charge < -0.3 is 14.2 Å². The molecule has 0 amide bonds. The summed E-state index contributed by atoms with van der Waals surface area (Å²) in [6.07, 6.45) is -0.282. The number of ether oxygens (including phenoxy) is 3. The summed E-state index contributed by atoms with van der Waals surface area (Å²) in [6, 6.07) is 34.2. The molecule has 0 N–H and O–H groups in total. The number of rotatable bonds is 8. The van der Waals surface area contributed by atoms with Crippen molar-refractivity contribution in [2.45, 2.75) is 30.1 Å². The molecule has 0 spiro atoms. The van der Waals surface area contributed by atoms with E-state index in [1.807, 2.05) is 84.9 Å². The zero-order valence-corrected chi connectivity index (χ0v) is 22.7. The highest BCUT2D eigenvalue weighted by atomic mass is 32.2. The number of thioether (sulfide) groups is 1. The lowest BCUT2D eigenvalue weighted by Gasteiger charge is -2.19. The Morgan fingerprint density at radius 1 is 0.650 bits per heavy atom. The van der Waals surface area contributed by atoms with Gasteiger partial charge in [0.2, 0.25) is 0 Å². The van der Waals surface area contributed by atoms with Crippen molar-refractivity contribution in [2.75, 3.05) is 6.61 Å². The van der Waals surface area contributed by atoms with E-state index in [4.69, 9.17) is 14.2 Å². The quantitative estimate of drug-likeness (QED) is 0.176. The number of esters is 3. The molecule has 1 saturated heterocycles. The van der Waals surface area contributed by atoms with E-state index in [-0.39, 0.29) is 11.9 Å². The Morgan fingerprint density at radius 2 is 1.12 bits per heavy atom. The van der Waals surface area contributed by atoms with Crippen LogP contribution in [0.2, 0.25) is 0 Å². The van der Waals surface area contributed by atoms with Crippen LogP contribution in [0.25, 0.3) is 22.3 Å². The maximum Gasteiger partial charge on any atom is 0.338 e. The van der Waals surface area contributed by atoms with Gasteiger partial charge in [-0.2, -0.15) is 0 Å². The molecule has 0 aromatic heterocycles. The predicted molar refractivity (Wildman–Crippen MR) is 155 cm³/mol. The molecule has 7 heteroatoms. The van der Waals surface area contributed by atoms with Gasteiger partial charge in [-0.1, -0.05) is 84.9 Å². The zero-order valence-electron chi connectivity index (χ0n) is 21.9. The zero-order chi connectivity index (χ0) is 27.9. The van der Waals surface area contributed by atoms with Crippen LogP contribution in [0.15, 0.2) is 109 Å². The molecule has 1 fully saturated rings. The van der Waals surface area contributed by atoms with Gasteiger partial charge in [0.25, 0.3) is 0 Å². The van der Waals surface area contributed by atoms with E-state index in [2.05, 4.69) is 0 Å². The second kappa shape index (κ2) is 12.7. The molecule has 1 heterocycles. The van der Waals surface area contributed by atoms with Crippen molar-refractivity contribution in [2.24, 2.45) is 0 Å². The van der Waals surface area contributed by atoms with Gasteiger partial charge in [0.15, 0.2) is 5.44 Å². The molecule has 1 aliphatic rings. The number of hydrogen-bond donors (Lipinski definition) is 0. The van der Waals surface area contributed by atoms with Gasteiger partial charge in [0.1, 0.15) is 12.7 Å². The first-order valence-corrected chi connectivity index (χ1v) is 13.9. The monoisotopic (exact) mass is 552 g/mol. The number of carbonyl (C=O) groups excluding carboxylic acids is 3. The van der Waals surface area contributed by atoms with Gasteiger partial charge in [-0.25, -0.2) is 9.59 Å². The summed E-state index contributed by atoms with van der Waals surface area (Å²) in [5, 5.41) is -0.385. The molecular weight excluding hydrogens is 524 g/mol. The Kier molecular flexibility index (Phi) is 8.62. The SMILES string of the molecule is CC(=O)OC1C[C@@H](OC(=O)c2ccc(-c3ccccc3)cc2)[C@H](COC(=O)c2ccc(-c3ccccc3)cc2)S1. The first kappa shape index (κ1) is 27.2. The van der Waals surface area contributed by atoms with E-state index < -0.39 is 29.4 Å². The van der Waals surface area contributed by atoms with Crippen LogP contribution in [0.1, 0.15) is 34.1 Å². The van der Waals surface area contributed by atoms with Gasteiger partial charge in [0, 0.05) is 13.3 Å². The fraction of sp³-hybridized carbons (Fsp3) is 0.182. The fourth-order valence-electron chi connectivity index (χ4n) is 4.52. The summed E-state index contributed by atoms with van der Waals surface area (Å²) in [5.41, 5.74) is 4.43. The van der Waals surface area contributed by atoms with Crippen LogP contribution in [0.3, 0.4) is 0 Å². The summed E-state index contributed by atoms with van der Waals surface area (Å²) < 4.78 is 16.8. The summed E-state index contributed by atoms with van der Waals surface area (Å²) >= 11 is 1.32. The third-order valence-corrected chi connectivity index (χ3v) is 7.94. The number of carbonyl (C=O) groups is 3. The molecule has 1 unspecified atom stereocenters. The van der Waals surface area contributed by atoms with Crippen molar-refractivity contribution in [3.8, 4) is 22.3 Å². The van der Waals surface area contributed by atoms with Gasteiger partial charge in [-0.3, -0.25) is 4.79 Å². The molecule has 0 saturated carbocycles. The van der Waals surface area contributed by atoms with E-state index in [9.17, 15) is 14.4 Å². The van der Waals surface area contributed by atoms with Gasteiger partial charge in [0.05, 0.1) is 16.4 Å². The van der Waals surface area contributed by atoms with Crippen LogP contribution in [-0.4, -0.2) is 41.3 Å². The molecule has 202 valence electrons. The van der Waals surface area contributed by atoms with E-state index in [1.54, 1.807) is 24.3 Å². The standard InChI is InChI=1S/C33H28O6S/c1-22(34)38-31-20-29(39-33(36)28-18-14-26(15-19-28)24-10-6-3-7-11-24)30(40-31)21-37-32(35)27-16-12-25(13-17-27)23-8-4-2-5-9-23/h2-19,29-31H,20-21H2,1H3/t29-,30+,31?/m1/s1. The summed E-state index contributed by atoms with van der Waals surface area (Å²) in [6.45, 7) is 1.34. The second-order valence-electron chi connectivity index (χ2n) is 9.38.